The van der Waals surface area contributed by atoms with Gasteiger partial charge in [-0.15, -0.1) is 0 Å². The SMILES string of the molecule is O=[N+]([O-])c1c(Cl)ncnc1N1CCS(=O)(=O)CC1. The van der Waals surface area contributed by atoms with Crippen LogP contribution >= 0.6 is 11.6 Å². The van der Waals surface area contributed by atoms with Crippen molar-refractivity contribution in [3.63, 3.8) is 0 Å². The van der Waals surface area contributed by atoms with Crippen LogP contribution in [-0.2, 0) is 9.84 Å². The molecule has 0 atom stereocenters. The zero-order valence-electron chi connectivity index (χ0n) is 9.11. The van der Waals surface area contributed by atoms with Crippen molar-refractivity contribution in [2.45, 2.75) is 0 Å². The highest BCUT2D eigenvalue weighted by Gasteiger charge is 2.30. The van der Waals surface area contributed by atoms with Crippen LogP contribution in [0.15, 0.2) is 6.33 Å². The molecular weight excluding hydrogens is 284 g/mol. The molecule has 0 amide bonds. The van der Waals surface area contributed by atoms with E-state index in [4.69, 9.17) is 11.6 Å². The van der Waals surface area contributed by atoms with Gasteiger partial charge < -0.3 is 4.90 Å². The smallest absolute Gasteiger partial charge is 0.348 e. The van der Waals surface area contributed by atoms with Gasteiger partial charge in [0, 0.05) is 13.1 Å². The predicted molar refractivity (Wildman–Crippen MR) is 64.6 cm³/mol. The van der Waals surface area contributed by atoms with Gasteiger partial charge in [-0.25, -0.2) is 18.4 Å². The fourth-order valence-electron chi connectivity index (χ4n) is 1.66. The van der Waals surface area contributed by atoms with Crippen molar-refractivity contribution in [2.75, 3.05) is 29.5 Å². The van der Waals surface area contributed by atoms with E-state index in [0.29, 0.717) is 0 Å². The Morgan fingerprint density at radius 3 is 2.50 bits per heavy atom. The van der Waals surface area contributed by atoms with E-state index in [1.807, 2.05) is 0 Å². The molecule has 1 aliphatic rings. The molecule has 1 saturated heterocycles. The lowest BCUT2D eigenvalue weighted by molar-refractivity contribution is -0.384. The Bertz CT molecular complexity index is 577. The van der Waals surface area contributed by atoms with Gasteiger partial charge in [-0.3, -0.25) is 10.1 Å². The first-order chi connectivity index (χ1) is 8.41. The van der Waals surface area contributed by atoms with Crippen molar-refractivity contribution in [1.29, 1.82) is 0 Å². The van der Waals surface area contributed by atoms with Crippen molar-refractivity contribution in [1.82, 2.24) is 9.97 Å². The van der Waals surface area contributed by atoms with E-state index in [-0.39, 0.29) is 35.6 Å². The topological polar surface area (TPSA) is 106 Å². The molecule has 0 saturated carbocycles. The molecule has 98 valence electrons. The third-order valence-corrected chi connectivity index (χ3v) is 4.47. The van der Waals surface area contributed by atoms with Crippen LogP contribution in [0.2, 0.25) is 5.15 Å². The van der Waals surface area contributed by atoms with Gasteiger partial charge in [0.15, 0.2) is 9.84 Å². The summed E-state index contributed by atoms with van der Waals surface area (Å²) in [5.41, 5.74) is -0.390. The number of nitrogens with zero attached hydrogens (tertiary/aromatic N) is 4. The van der Waals surface area contributed by atoms with Gasteiger partial charge in [-0.2, -0.15) is 0 Å². The zero-order chi connectivity index (χ0) is 13.3. The van der Waals surface area contributed by atoms with Crippen LogP contribution in [0, 0.1) is 10.1 Å². The largest absolute Gasteiger partial charge is 0.349 e. The van der Waals surface area contributed by atoms with Gasteiger partial charge in [-0.1, -0.05) is 11.6 Å². The minimum absolute atomic E-state index is 0.0498. The summed E-state index contributed by atoms with van der Waals surface area (Å²) in [6.45, 7) is 0.326. The molecule has 0 bridgehead atoms. The van der Waals surface area contributed by atoms with Crippen molar-refractivity contribution < 1.29 is 13.3 Å². The molecule has 0 spiro atoms. The zero-order valence-corrected chi connectivity index (χ0v) is 10.7. The first kappa shape index (κ1) is 13.0. The molecule has 10 heteroatoms. The highest BCUT2D eigenvalue weighted by Crippen LogP contribution is 2.31. The second-order valence-corrected chi connectivity index (χ2v) is 6.39. The lowest BCUT2D eigenvalue weighted by Gasteiger charge is -2.27. The molecule has 2 heterocycles. The van der Waals surface area contributed by atoms with E-state index in [1.165, 1.54) is 4.90 Å². The Hall–Kier alpha value is -1.48. The second-order valence-electron chi connectivity index (χ2n) is 3.73. The molecule has 1 aromatic heterocycles. The number of hydrogen-bond donors (Lipinski definition) is 0. The van der Waals surface area contributed by atoms with E-state index >= 15 is 0 Å². The molecule has 1 fully saturated rings. The maximum Gasteiger partial charge on any atom is 0.348 e. The van der Waals surface area contributed by atoms with Crippen molar-refractivity contribution >= 4 is 32.9 Å². The normalized spacial score (nSPS) is 18.6. The number of rotatable bonds is 2. The third kappa shape index (κ3) is 2.51. The standard InChI is InChI=1S/C8H9ClN4O4S/c9-7-6(13(14)15)8(11-5-10-7)12-1-3-18(16,17)4-2-12/h5H,1-4H2. The molecular formula is C8H9ClN4O4S. The van der Waals surface area contributed by atoms with Crippen LogP contribution in [0.4, 0.5) is 11.5 Å². The number of nitro groups is 1. The van der Waals surface area contributed by atoms with Crippen molar-refractivity contribution in [2.24, 2.45) is 0 Å². The number of anilines is 1. The van der Waals surface area contributed by atoms with Crippen LogP contribution in [0.3, 0.4) is 0 Å². The monoisotopic (exact) mass is 292 g/mol. The van der Waals surface area contributed by atoms with Crippen molar-refractivity contribution in [3.05, 3.63) is 21.6 Å². The van der Waals surface area contributed by atoms with E-state index < -0.39 is 20.4 Å². The number of halogens is 1. The molecule has 0 aliphatic carbocycles. The van der Waals surface area contributed by atoms with E-state index in [9.17, 15) is 18.5 Å². The number of hydrogen-bond acceptors (Lipinski definition) is 7. The third-order valence-electron chi connectivity index (χ3n) is 2.58. The van der Waals surface area contributed by atoms with Gasteiger partial charge in [-0.05, 0) is 0 Å². The highest BCUT2D eigenvalue weighted by molar-refractivity contribution is 7.91. The number of sulfone groups is 1. The van der Waals surface area contributed by atoms with E-state index in [1.54, 1.807) is 0 Å². The fourth-order valence-corrected chi connectivity index (χ4v) is 3.06. The van der Waals surface area contributed by atoms with Gasteiger partial charge in [0.1, 0.15) is 6.33 Å². The lowest BCUT2D eigenvalue weighted by Crippen LogP contribution is -2.41. The molecule has 0 radical (unpaired) electrons. The first-order valence-electron chi connectivity index (χ1n) is 5.01. The summed E-state index contributed by atoms with van der Waals surface area (Å²) in [6.07, 6.45) is 1.12. The minimum Gasteiger partial charge on any atom is -0.349 e. The average molecular weight is 293 g/mol. The van der Waals surface area contributed by atoms with E-state index in [0.717, 1.165) is 6.33 Å². The molecule has 0 unspecified atom stereocenters. The van der Waals surface area contributed by atoms with Crippen LogP contribution in [-0.4, -0.2) is 47.9 Å². The molecule has 8 nitrogen and oxygen atoms in total. The predicted octanol–water partition coefficient (Wildman–Crippen LogP) is 0.273. The average Bonchev–Trinajstić information content (AvgIpc) is 2.28. The summed E-state index contributed by atoms with van der Waals surface area (Å²) in [6, 6.07) is 0. The van der Waals surface area contributed by atoms with Crippen molar-refractivity contribution in [3.8, 4) is 0 Å². The second kappa shape index (κ2) is 4.65. The number of aromatic nitrogens is 2. The Morgan fingerprint density at radius 1 is 1.33 bits per heavy atom. The Balaban J connectivity index is 2.35. The summed E-state index contributed by atoms with van der Waals surface area (Å²) in [4.78, 5) is 19.2. The molecule has 18 heavy (non-hydrogen) atoms. The fraction of sp³-hybridized carbons (Fsp3) is 0.500. The van der Waals surface area contributed by atoms with E-state index in [2.05, 4.69) is 9.97 Å². The quantitative estimate of drug-likeness (QED) is 0.437. The summed E-state index contributed by atoms with van der Waals surface area (Å²) in [5.74, 6) is -0.0349. The molecule has 0 N–H and O–H groups in total. The summed E-state index contributed by atoms with van der Waals surface area (Å²) in [5, 5.41) is 10.7. The molecule has 1 aromatic rings. The summed E-state index contributed by atoms with van der Waals surface area (Å²) >= 11 is 5.66. The molecule has 0 aromatic carbocycles. The lowest BCUT2D eigenvalue weighted by atomic mass is 10.4. The highest BCUT2D eigenvalue weighted by atomic mass is 35.5. The Morgan fingerprint density at radius 2 is 1.94 bits per heavy atom. The maximum atomic E-state index is 11.3. The van der Waals surface area contributed by atoms with Gasteiger partial charge in [0.25, 0.3) is 0 Å². The summed E-state index contributed by atoms with van der Waals surface area (Å²) in [7, 11) is -3.05. The van der Waals surface area contributed by atoms with Gasteiger partial charge in [0.05, 0.1) is 16.4 Å². The van der Waals surface area contributed by atoms with Crippen LogP contribution in [0.5, 0.6) is 0 Å². The summed E-state index contributed by atoms with van der Waals surface area (Å²) < 4.78 is 22.6. The first-order valence-corrected chi connectivity index (χ1v) is 7.21. The minimum atomic E-state index is -3.05. The maximum absolute atomic E-state index is 11.3. The van der Waals surface area contributed by atoms with Crippen LogP contribution in [0.25, 0.3) is 0 Å². The van der Waals surface area contributed by atoms with Crippen LogP contribution < -0.4 is 4.90 Å². The van der Waals surface area contributed by atoms with Crippen LogP contribution in [0.1, 0.15) is 0 Å². The van der Waals surface area contributed by atoms with Gasteiger partial charge in [0.2, 0.25) is 11.0 Å². The molecule has 1 aliphatic heterocycles. The Kier molecular flexibility index (Phi) is 3.35. The van der Waals surface area contributed by atoms with Gasteiger partial charge >= 0.3 is 5.69 Å². The molecule has 2 rings (SSSR count). The Labute approximate surface area is 108 Å².